The molecule has 11 heteroatoms. The van der Waals surface area contributed by atoms with E-state index in [1.807, 2.05) is 0 Å². The number of rotatable bonds is 12. The Morgan fingerprint density at radius 2 is 1.77 bits per heavy atom. The molecule has 1 aliphatic heterocycles. The molecule has 174 valence electrons. The second kappa shape index (κ2) is 13.2. The van der Waals surface area contributed by atoms with Gasteiger partial charge in [-0.3, -0.25) is 24.0 Å². The Hall–Kier alpha value is -2.30. The van der Waals surface area contributed by atoms with Crippen LogP contribution in [0.1, 0.15) is 51.4 Å². The number of carboxylic acid groups (broad SMARTS) is 1. The van der Waals surface area contributed by atoms with Gasteiger partial charge in [0.05, 0.1) is 17.9 Å². The van der Waals surface area contributed by atoms with Crippen molar-refractivity contribution >= 4 is 41.4 Å². The summed E-state index contributed by atoms with van der Waals surface area (Å²) in [6.07, 6.45) is 5.71. The summed E-state index contributed by atoms with van der Waals surface area (Å²) in [6.45, 7) is 1.55. The third-order valence-electron chi connectivity index (χ3n) is 5.32. The number of aliphatic carboxylic acids is 1. The zero-order valence-corrected chi connectivity index (χ0v) is 18.5. The molecule has 0 spiro atoms. The van der Waals surface area contributed by atoms with Crippen molar-refractivity contribution in [3.63, 3.8) is 0 Å². The van der Waals surface area contributed by atoms with Gasteiger partial charge >= 0.3 is 5.97 Å². The van der Waals surface area contributed by atoms with E-state index in [4.69, 9.17) is 5.11 Å². The summed E-state index contributed by atoms with van der Waals surface area (Å²) in [5, 5.41) is 17.0. The highest BCUT2D eigenvalue weighted by Gasteiger charge is 2.27. The van der Waals surface area contributed by atoms with Gasteiger partial charge in [0.15, 0.2) is 0 Å². The average Bonchev–Trinajstić information content (AvgIpc) is 3.21. The second-order valence-corrected chi connectivity index (χ2v) is 8.87. The minimum Gasteiger partial charge on any atom is -0.481 e. The molecule has 1 unspecified atom stereocenters. The fourth-order valence-corrected chi connectivity index (χ4v) is 4.37. The zero-order chi connectivity index (χ0) is 22.6. The molecule has 1 aliphatic carbocycles. The number of amides is 4. The molecule has 1 saturated carbocycles. The first-order valence-corrected chi connectivity index (χ1v) is 11.9. The smallest absolute Gasteiger partial charge is 0.305 e. The maximum absolute atomic E-state index is 12.3. The summed E-state index contributed by atoms with van der Waals surface area (Å²) < 4.78 is 0. The monoisotopic (exact) mass is 456 g/mol. The maximum Gasteiger partial charge on any atom is 0.305 e. The summed E-state index contributed by atoms with van der Waals surface area (Å²) in [5.74, 6) is -2.31. The van der Waals surface area contributed by atoms with E-state index in [1.54, 1.807) is 4.90 Å². The molecule has 0 bridgehead atoms. The van der Waals surface area contributed by atoms with Gasteiger partial charge in [0.1, 0.15) is 6.04 Å². The van der Waals surface area contributed by atoms with E-state index in [2.05, 4.69) is 16.0 Å². The Bertz CT molecular complexity index is 668. The number of thioether (sulfide) groups is 1. The van der Waals surface area contributed by atoms with E-state index in [0.29, 0.717) is 19.5 Å². The van der Waals surface area contributed by atoms with Crippen LogP contribution in [0, 0.1) is 0 Å². The van der Waals surface area contributed by atoms with Gasteiger partial charge in [-0.25, -0.2) is 0 Å². The van der Waals surface area contributed by atoms with E-state index in [0.717, 1.165) is 56.8 Å². The van der Waals surface area contributed by atoms with Crippen molar-refractivity contribution in [2.45, 2.75) is 63.5 Å². The number of nitrogens with one attached hydrogen (secondary N) is 3. The highest BCUT2D eigenvalue weighted by Crippen LogP contribution is 2.17. The SMILES string of the molecule is O=C(O)CC(NC(=O)CSCC(=O)NCCN1CCCCC1=O)C(=O)NC1CCCC1. The van der Waals surface area contributed by atoms with E-state index < -0.39 is 30.2 Å². The Morgan fingerprint density at radius 3 is 2.45 bits per heavy atom. The number of carboxylic acids is 1. The minimum absolute atomic E-state index is 0.0269. The third kappa shape index (κ3) is 9.58. The largest absolute Gasteiger partial charge is 0.481 e. The van der Waals surface area contributed by atoms with Crippen LogP contribution in [0.15, 0.2) is 0 Å². The predicted molar refractivity (Wildman–Crippen MR) is 115 cm³/mol. The molecule has 0 aromatic rings. The summed E-state index contributed by atoms with van der Waals surface area (Å²) in [6, 6.07) is -1.11. The van der Waals surface area contributed by atoms with E-state index >= 15 is 0 Å². The number of hydrogen-bond acceptors (Lipinski definition) is 6. The van der Waals surface area contributed by atoms with Gasteiger partial charge in [-0.05, 0) is 25.7 Å². The van der Waals surface area contributed by atoms with Crippen molar-refractivity contribution in [3.05, 3.63) is 0 Å². The first-order chi connectivity index (χ1) is 14.8. The molecule has 2 rings (SSSR count). The van der Waals surface area contributed by atoms with Crippen molar-refractivity contribution in [1.82, 2.24) is 20.9 Å². The van der Waals surface area contributed by atoms with Crippen molar-refractivity contribution in [3.8, 4) is 0 Å². The molecule has 0 radical (unpaired) electrons. The van der Waals surface area contributed by atoms with Crippen molar-refractivity contribution < 1.29 is 29.1 Å². The van der Waals surface area contributed by atoms with Crippen LogP contribution in [0.2, 0.25) is 0 Å². The van der Waals surface area contributed by atoms with Crippen molar-refractivity contribution in [2.75, 3.05) is 31.1 Å². The molecule has 2 fully saturated rings. The highest BCUT2D eigenvalue weighted by molar-refractivity contribution is 8.00. The number of hydrogen-bond donors (Lipinski definition) is 4. The number of carbonyl (C=O) groups is 5. The van der Waals surface area contributed by atoms with Crippen LogP contribution < -0.4 is 16.0 Å². The van der Waals surface area contributed by atoms with Crippen molar-refractivity contribution in [1.29, 1.82) is 0 Å². The Balaban J connectivity index is 1.64. The third-order valence-corrected chi connectivity index (χ3v) is 6.26. The second-order valence-electron chi connectivity index (χ2n) is 7.89. The molecular formula is C20H32N4O6S. The van der Waals surface area contributed by atoms with Gasteiger partial charge in [-0.15, -0.1) is 11.8 Å². The molecular weight excluding hydrogens is 424 g/mol. The Labute approximate surface area is 186 Å². The van der Waals surface area contributed by atoms with Gasteiger partial charge < -0.3 is 26.0 Å². The van der Waals surface area contributed by atoms with Gasteiger partial charge in [-0.1, -0.05) is 12.8 Å². The summed E-state index contributed by atoms with van der Waals surface area (Å²) >= 11 is 1.08. The molecule has 4 N–H and O–H groups in total. The molecule has 0 aromatic heterocycles. The Kier molecular flexibility index (Phi) is 10.6. The molecule has 2 aliphatic rings. The lowest BCUT2D eigenvalue weighted by Gasteiger charge is -2.26. The maximum atomic E-state index is 12.3. The lowest BCUT2D eigenvalue weighted by Crippen LogP contribution is -2.50. The van der Waals surface area contributed by atoms with Gasteiger partial charge in [-0.2, -0.15) is 0 Å². The fraction of sp³-hybridized carbons (Fsp3) is 0.750. The van der Waals surface area contributed by atoms with Crippen LogP contribution >= 0.6 is 11.8 Å². The van der Waals surface area contributed by atoms with Crippen LogP contribution in [0.5, 0.6) is 0 Å². The van der Waals surface area contributed by atoms with Gasteiger partial charge in [0.25, 0.3) is 0 Å². The predicted octanol–water partition coefficient (Wildman–Crippen LogP) is -0.133. The van der Waals surface area contributed by atoms with Gasteiger partial charge in [0, 0.05) is 32.1 Å². The zero-order valence-electron chi connectivity index (χ0n) is 17.7. The molecule has 1 atom stereocenters. The number of nitrogens with zero attached hydrogens (tertiary/aromatic N) is 1. The quantitative estimate of drug-likeness (QED) is 0.320. The fourth-order valence-electron chi connectivity index (χ4n) is 3.71. The van der Waals surface area contributed by atoms with Crippen LogP contribution in [0.4, 0.5) is 0 Å². The Morgan fingerprint density at radius 1 is 1.06 bits per heavy atom. The van der Waals surface area contributed by atoms with Crippen LogP contribution in [-0.4, -0.2) is 82.8 Å². The first-order valence-electron chi connectivity index (χ1n) is 10.8. The summed E-state index contributed by atoms with van der Waals surface area (Å²) in [5.41, 5.74) is 0. The average molecular weight is 457 g/mol. The number of piperidine rings is 1. The normalized spacial score (nSPS) is 17.8. The van der Waals surface area contributed by atoms with Crippen LogP contribution in [-0.2, 0) is 24.0 Å². The van der Waals surface area contributed by atoms with Crippen LogP contribution in [0.25, 0.3) is 0 Å². The lowest BCUT2D eigenvalue weighted by molar-refractivity contribution is -0.140. The number of carbonyl (C=O) groups excluding carboxylic acids is 4. The molecule has 0 aromatic carbocycles. The topological polar surface area (TPSA) is 145 Å². The lowest BCUT2D eigenvalue weighted by atomic mass is 10.1. The van der Waals surface area contributed by atoms with E-state index in [9.17, 15) is 24.0 Å². The van der Waals surface area contributed by atoms with Gasteiger partial charge in [0.2, 0.25) is 23.6 Å². The summed E-state index contributed by atoms with van der Waals surface area (Å²) in [7, 11) is 0. The minimum atomic E-state index is -1.17. The summed E-state index contributed by atoms with van der Waals surface area (Å²) in [4.78, 5) is 60.9. The van der Waals surface area contributed by atoms with E-state index in [1.165, 1.54) is 0 Å². The van der Waals surface area contributed by atoms with Crippen molar-refractivity contribution in [2.24, 2.45) is 0 Å². The molecule has 10 nitrogen and oxygen atoms in total. The molecule has 31 heavy (non-hydrogen) atoms. The molecule has 1 heterocycles. The first kappa shape index (κ1) is 25.0. The van der Waals surface area contributed by atoms with E-state index in [-0.39, 0.29) is 29.4 Å². The molecule has 4 amide bonds. The number of likely N-dealkylation sites (tertiary alicyclic amines) is 1. The van der Waals surface area contributed by atoms with Crippen LogP contribution in [0.3, 0.4) is 0 Å². The standard InChI is InChI=1S/C20H32N4O6S/c25-16(21-8-10-24-9-4-3-7-18(24)27)12-31-13-17(26)23-15(11-19(28)29)20(30)22-14-5-1-2-6-14/h14-15H,1-13H2,(H,21,25)(H,22,30)(H,23,26)(H,28,29). The highest BCUT2D eigenvalue weighted by atomic mass is 32.2. The molecule has 1 saturated heterocycles.